The van der Waals surface area contributed by atoms with Crippen LogP contribution in [0.2, 0.25) is 10.0 Å². The summed E-state index contributed by atoms with van der Waals surface area (Å²) in [7, 11) is 1.98. The Balaban J connectivity index is 2.14. The van der Waals surface area contributed by atoms with Gasteiger partial charge in [-0.3, -0.25) is 0 Å². The van der Waals surface area contributed by atoms with Gasteiger partial charge in [-0.15, -0.1) is 0 Å². The Morgan fingerprint density at radius 3 is 2.44 bits per heavy atom. The number of benzene rings is 1. The maximum absolute atomic E-state index is 6.10. The van der Waals surface area contributed by atoms with Crippen molar-refractivity contribution < 1.29 is 0 Å². The van der Waals surface area contributed by atoms with Crippen molar-refractivity contribution in [2.45, 2.75) is 12.8 Å². The number of hydrogen-bond acceptors (Lipinski definition) is 1. The number of imidazole rings is 1. The summed E-state index contributed by atoms with van der Waals surface area (Å²) in [5.74, 6) is 1.04. The second-order valence-corrected chi connectivity index (χ2v) is 4.47. The minimum atomic E-state index is 0.724. The van der Waals surface area contributed by atoms with Crippen LogP contribution in [-0.4, -0.2) is 9.55 Å². The van der Waals surface area contributed by atoms with Crippen LogP contribution in [-0.2, 0) is 19.9 Å². The van der Waals surface area contributed by atoms with Crippen LogP contribution in [0.4, 0.5) is 0 Å². The minimum absolute atomic E-state index is 0.724. The van der Waals surface area contributed by atoms with E-state index in [-0.39, 0.29) is 0 Å². The molecule has 0 aliphatic rings. The summed E-state index contributed by atoms with van der Waals surface area (Å²) in [6.45, 7) is 0. The van der Waals surface area contributed by atoms with Gasteiger partial charge in [0.05, 0.1) is 0 Å². The van der Waals surface area contributed by atoms with Crippen molar-refractivity contribution in [3.8, 4) is 0 Å². The van der Waals surface area contributed by atoms with E-state index in [4.69, 9.17) is 23.2 Å². The first-order chi connectivity index (χ1) is 7.68. The number of rotatable bonds is 3. The molecule has 0 saturated heterocycles. The summed E-state index contributed by atoms with van der Waals surface area (Å²) in [5.41, 5.74) is 0.994. The summed E-state index contributed by atoms with van der Waals surface area (Å²) in [6, 6.07) is 5.58. The minimum Gasteiger partial charge on any atom is -0.338 e. The molecular weight excluding hydrogens is 243 g/mol. The zero-order valence-electron chi connectivity index (χ0n) is 8.95. The smallest absolute Gasteiger partial charge is 0.108 e. The van der Waals surface area contributed by atoms with Crippen LogP contribution < -0.4 is 0 Å². The van der Waals surface area contributed by atoms with Crippen LogP contribution in [0.1, 0.15) is 11.4 Å². The van der Waals surface area contributed by atoms with Crippen molar-refractivity contribution in [2.75, 3.05) is 0 Å². The molecule has 1 heterocycles. The van der Waals surface area contributed by atoms with Gasteiger partial charge in [0.2, 0.25) is 0 Å². The van der Waals surface area contributed by atoms with Gasteiger partial charge >= 0.3 is 0 Å². The molecule has 0 bridgehead atoms. The van der Waals surface area contributed by atoms with Crippen molar-refractivity contribution in [3.63, 3.8) is 0 Å². The lowest BCUT2D eigenvalue weighted by atomic mass is 10.1. The Labute approximate surface area is 105 Å². The second kappa shape index (κ2) is 4.89. The molecule has 84 valence electrons. The lowest BCUT2D eigenvalue weighted by Crippen LogP contribution is -2.00. The molecule has 0 aliphatic carbocycles. The average Bonchev–Trinajstić information content (AvgIpc) is 2.64. The summed E-state index contributed by atoms with van der Waals surface area (Å²) in [6.07, 6.45) is 5.38. The maximum atomic E-state index is 6.10. The molecule has 0 aliphatic heterocycles. The first-order valence-electron chi connectivity index (χ1n) is 5.07. The fraction of sp³-hybridized carbons (Fsp3) is 0.250. The van der Waals surface area contributed by atoms with E-state index in [0.29, 0.717) is 0 Å². The lowest BCUT2D eigenvalue weighted by molar-refractivity contribution is 0.771. The number of nitrogens with zero attached hydrogens (tertiary/aromatic N) is 2. The highest BCUT2D eigenvalue weighted by Crippen LogP contribution is 2.25. The van der Waals surface area contributed by atoms with E-state index >= 15 is 0 Å². The van der Waals surface area contributed by atoms with Crippen molar-refractivity contribution in [1.29, 1.82) is 0 Å². The molecule has 0 fully saturated rings. The molecule has 2 rings (SSSR count). The molecule has 2 nitrogen and oxygen atoms in total. The quantitative estimate of drug-likeness (QED) is 0.820. The maximum Gasteiger partial charge on any atom is 0.108 e. The summed E-state index contributed by atoms with van der Waals surface area (Å²) in [4.78, 5) is 4.27. The molecule has 16 heavy (non-hydrogen) atoms. The van der Waals surface area contributed by atoms with E-state index in [0.717, 1.165) is 34.3 Å². The molecule has 0 spiro atoms. The lowest BCUT2D eigenvalue weighted by Gasteiger charge is -2.06. The fourth-order valence-electron chi connectivity index (χ4n) is 1.65. The van der Waals surface area contributed by atoms with E-state index in [1.165, 1.54) is 0 Å². The Morgan fingerprint density at radius 1 is 1.19 bits per heavy atom. The summed E-state index contributed by atoms with van der Waals surface area (Å²) < 4.78 is 2.00. The van der Waals surface area contributed by atoms with Gasteiger partial charge in [0.15, 0.2) is 0 Å². The first kappa shape index (κ1) is 11.5. The monoisotopic (exact) mass is 254 g/mol. The van der Waals surface area contributed by atoms with E-state index < -0.39 is 0 Å². The number of aromatic nitrogens is 2. The normalized spacial score (nSPS) is 10.7. The Morgan fingerprint density at radius 2 is 1.88 bits per heavy atom. The third-order valence-corrected chi connectivity index (χ3v) is 3.29. The highest BCUT2D eigenvalue weighted by molar-refractivity contribution is 6.35. The average molecular weight is 255 g/mol. The zero-order valence-corrected chi connectivity index (χ0v) is 10.5. The molecule has 4 heteroatoms. The number of halogens is 2. The Hall–Kier alpha value is -0.990. The fourth-order valence-corrected chi connectivity index (χ4v) is 2.23. The molecule has 1 aromatic heterocycles. The zero-order chi connectivity index (χ0) is 11.5. The van der Waals surface area contributed by atoms with Gasteiger partial charge in [-0.25, -0.2) is 4.98 Å². The molecule has 0 unspecified atom stereocenters. The highest BCUT2D eigenvalue weighted by Gasteiger charge is 2.07. The van der Waals surface area contributed by atoms with Crippen molar-refractivity contribution in [1.82, 2.24) is 9.55 Å². The highest BCUT2D eigenvalue weighted by atomic mass is 35.5. The van der Waals surface area contributed by atoms with E-state index in [2.05, 4.69) is 4.98 Å². The second-order valence-electron chi connectivity index (χ2n) is 3.65. The van der Waals surface area contributed by atoms with Crippen LogP contribution in [0.5, 0.6) is 0 Å². The predicted octanol–water partition coefficient (Wildman–Crippen LogP) is 3.51. The van der Waals surface area contributed by atoms with E-state index in [1.54, 1.807) is 6.20 Å². The van der Waals surface area contributed by atoms with Crippen LogP contribution in [0.3, 0.4) is 0 Å². The van der Waals surface area contributed by atoms with Crippen molar-refractivity contribution >= 4 is 23.2 Å². The topological polar surface area (TPSA) is 17.8 Å². The molecule has 0 atom stereocenters. The predicted molar refractivity (Wildman–Crippen MR) is 67.1 cm³/mol. The molecule has 0 amide bonds. The third-order valence-electron chi connectivity index (χ3n) is 2.58. The molecule has 1 aromatic carbocycles. The van der Waals surface area contributed by atoms with Crippen LogP contribution in [0, 0.1) is 0 Å². The van der Waals surface area contributed by atoms with Gasteiger partial charge in [0.25, 0.3) is 0 Å². The van der Waals surface area contributed by atoms with Crippen LogP contribution in [0.25, 0.3) is 0 Å². The molecule has 0 N–H and O–H groups in total. The van der Waals surface area contributed by atoms with E-state index in [1.807, 2.05) is 36.0 Å². The van der Waals surface area contributed by atoms with Gasteiger partial charge in [0, 0.05) is 35.9 Å². The van der Waals surface area contributed by atoms with Gasteiger partial charge in [-0.1, -0.05) is 29.3 Å². The number of hydrogen-bond donors (Lipinski definition) is 0. The molecule has 0 radical (unpaired) electrons. The van der Waals surface area contributed by atoms with Crippen LogP contribution in [0.15, 0.2) is 30.6 Å². The molecular formula is C12H12Cl2N2. The Bertz CT molecular complexity index is 471. The standard InChI is InChI=1S/C12H12Cl2N2/c1-16-8-7-15-12(16)6-5-9-10(13)3-2-4-11(9)14/h2-4,7-8H,5-6H2,1H3. The molecule has 0 saturated carbocycles. The van der Waals surface area contributed by atoms with Gasteiger partial charge in [0.1, 0.15) is 5.82 Å². The van der Waals surface area contributed by atoms with Crippen molar-refractivity contribution in [2.24, 2.45) is 7.05 Å². The number of aryl methyl sites for hydroxylation is 2. The van der Waals surface area contributed by atoms with Gasteiger partial charge in [-0.05, 0) is 24.1 Å². The van der Waals surface area contributed by atoms with Gasteiger partial charge in [-0.2, -0.15) is 0 Å². The first-order valence-corrected chi connectivity index (χ1v) is 5.83. The third kappa shape index (κ3) is 2.39. The Kier molecular flexibility index (Phi) is 3.52. The van der Waals surface area contributed by atoms with E-state index in [9.17, 15) is 0 Å². The summed E-state index contributed by atoms with van der Waals surface area (Å²) in [5, 5.41) is 1.45. The SMILES string of the molecule is Cn1ccnc1CCc1c(Cl)cccc1Cl. The largest absolute Gasteiger partial charge is 0.338 e. The molecule has 2 aromatic rings. The summed E-state index contributed by atoms with van der Waals surface area (Å²) >= 11 is 12.2. The van der Waals surface area contributed by atoms with Gasteiger partial charge < -0.3 is 4.57 Å². The van der Waals surface area contributed by atoms with Crippen LogP contribution >= 0.6 is 23.2 Å². The van der Waals surface area contributed by atoms with Crippen molar-refractivity contribution in [3.05, 3.63) is 52.0 Å².